The highest BCUT2D eigenvalue weighted by molar-refractivity contribution is 5.94. The highest BCUT2D eigenvalue weighted by atomic mass is 16.5. The van der Waals surface area contributed by atoms with Crippen LogP contribution in [0.2, 0.25) is 0 Å². The van der Waals surface area contributed by atoms with Gasteiger partial charge in [0, 0.05) is 11.6 Å². The second-order valence-corrected chi connectivity index (χ2v) is 5.03. The number of carbonyl (C=O) groups is 2. The van der Waals surface area contributed by atoms with Crippen LogP contribution in [0.25, 0.3) is 6.08 Å². The van der Waals surface area contributed by atoms with Crippen molar-refractivity contribution in [3.63, 3.8) is 0 Å². The second-order valence-electron chi connectivity index (χ2n) is 5.03. The summed E-state index contributed by atoms with van der Waals surface area (Å²) in [6, 6.07) is 10.8. The summed E-state index contributed by atoms with van der Waals surface area (Å²) in [6.45, 7) is 1.62. The number of methoxy groups -OCH3 is 1. The molecule has 7 heteroatoms. The standard InChI is InChI=1S/C18H19N3O4/c1-13-7-9-15(25-13)11-20-21-18(23)12-19-17(22)10-8-14-5-3-4-6-16(14)24-2/h3-11H,12H2,1-2H3,(H,19,22)(H,21,23)/b10-8+,20-11+. The summed E-state index contributed by atoms with van der Waals surface area (Å²) in [6.07, 6.45) is 4.33. The fraction of sp³-hybridized carbons (Fsp3) is 0.167. The third kappa shape index (κ3) is 5.98. The molecule has 0 aliphatic rings. The van der Waals surface area contributed by atoms with E-state index in [1.165, 1.54) is 12.3 Å². The zero-order valence-electron chi connectivity index (χ0n) is 14.0. The maximum Gasteiger partial charge on any atom is 0.259 e. The Labute approximate surface area is 145 Å². The van der Waals surface area contributed by atoms with Gasteiger partial charge in [0.15, 0.2) is 0 Å². The number of hydrogen-bond donors (Lipinski definition) is 2. The highest BCUT2D eigenvalue weighted by Gasteiger charge is 2.03. The highest BCUT2D eigenvalue weighted by Crippen LogP contribution is 2.18. The molecule has 0 aliphatic heterocycles. The number of para-hydroxylation sites is 1. The van der Waals surface area contributed by atoms with Crippen molar-refractivity contribution in [2.45, 2.75) is 6.92 Å². The van der Waals surface area contributed by atoms with Crippen molar-refractivity contribution >= 4 is 24.1 Å². The molecule has 2 rings (SSSR count). The molecule has 2 amide bonds. The zero-order valence-corrected chi connectivity index (χ0v) is 14.0. The minimum Gasteiger partial charge on any atom is -0.496 e. The number of hydrazone groups is 1. The van der Waals surface area contributed by atoms with E-state index in [1.807, 2.05) is 25.1 Å². The summed E-state index contributed by atoms with van der Waals surface area (Å²) < 4.78 is 10.5. The van der Waals surface area contributed by atoms with Crippen LogP contribution in [0.3, 0.4) is 0 Å². The smallest absolute Gasteiger partial charge is 0.259 e. The van der Waals surface area contributed by atoms with Crippen LogP contribution >= 0.6 is 0 Å². The van der Waals surface area contributed by atoms with Crippen LogP contribution < -0.4 is 15.5 Å². The third-order valence-corrected chi connectivity index (χ3v) is 3.12. The second kappa shape index (κ2) is 9.07. The van der Waals surface area contributed by atoms with Gasteiger partial charge >= 0.3 is 0 Å². The van der Waals surface area contributed by atoms with E-state index in [4.69, 9.17) is 9.15 Å². The molecule has 0 saturated heterocycles. The van der Waals surface area contributed by atoms with Gasteiger partial charge < -0.3 is 14.5 Å². The van der Waals surface area contributed by atoms with Gasteiger partial charge in [0.25, 0.3) is 5.91 Å². The van der Waals surface area contributed by atoms with Gasteiger partial charge in [0.05, 0.1) is 19.9 Å². The Kier molecular flexibility index (Phi) is 6.53. The number of nitrogens with one attached hydrogen (secondary N) is 2. The minimum atomic E-state index is -0.446. The molecule has 1 aromatic heterocycles. The number of amides is 2. The number of nitrogens with zero attached hydrogens (tertiary/aromatic N) is 1. The molecule has 0 atom stereocenters. The number of aryl methyl sites for hydroxylation is 1. The van der Waals surface area contributed by atoms with E-state index in [0.29, 0.717) is 11.5 Å². The van der Waals surface area contributed by atoms with Gasteiger partial charge in [-0.05, 0) is 31.2 Å². The number of ether oxygens (including phenoxy) is 1. The van der Waals surface area contributed by atoms with Crippen molar-refractivity contribution < 1.29 is 18.7 Å². The van der Waals surface area contributed by atoms with Crippen LogP contribution in [-0.2, 0) is 9.59 Å². The van der Waals surface area contributed by atoms with Crippen molar-refractivity contribution in [2.24, 2.45) is 5.10 Å². The topological polar surface area (TPSA) is 92.9 Å². The van der Waals surface area contributed by atoms with E-state index in [9.17, 15) is 9.59 Å². The van der Waals surface area contributed by atoms with Gasteiger partial charge in [-0.25, -0.2) is 5.43 Å². The fourth-order valence-corrected chi connectivity index (χ4v) is 1.93. The van der Waals surface area contributed by atoms with Gasteiger partial charge in [0.1, 0.15) is 17.3 Å². The predicted octanol–water partition coefficient (Wildman–Crippen LogP) is 1.88. The lowest BCUT2D eigenvalue weighted by molar-refractivity contribution is -0.123. The van der Waals surface area contributed by atoms with E-state index in [-0.39, 0.29) is 6.54 Å². The molecule has 130 valence electrons. The number of rotatable bonds is 7. The number of benzene rings is 1. The summed E-state index contributed by atoms with van der Waals surface area (Å²) in [7, 11) is 1.56. The summed E-state index contributed by atoms with van der Waals surface area (Å²) >= 11 is 0. The van der Waals surface area contributed by atoms with Gasteiger partial charge in [-0.15, -0.1) is 0 Å². The first-order valence-electron chi connectivity index (χ1n) is 7.56. The van der Waals surface area contributed by atoms with Gasteiger partial charge in [0.2, 0.25) is 5.91 Å². The summed E-state index contributed by atoms with van der Waals surface area (Å²) in [5.41, 5.74) is 3.07. The lowest BCUT2D eigenvalue weighted by atomic mass is 10.2. The summed E-state index contributed by atoms with van der Waals surface area (Å²) in [5, 5.41) is 6.21. The Balaban J connectivity index is 1.76. The van der Waals surface area contributed by atoms with Gasteiger partial charge in [-0.2, -0.15) is 5.10 Å². The molecule has 2 aromatic rings. The van der Waals surface area contributed by atoms with E-state index >= 15 is 0 Å². The quantitative estimate of drug-likeness (QED) is 0.457. The minimum absolute atomic E-state index is 0.191. The Morgan fingerprint density at radius 3 is 2.76 bits per heavy atom. The van der Waals surface area contributed by atoms with Crippen LogP contribution in [0.5, 0.6) is 5.75 Å². The van der Waals surface area contributed by atoms with Crippen LogP contribution in [0.15, 0.2) is 52.0 Å². The molecule has 7 nitrogen and oxygen atoms in total. The van der Waals surface area contributed by atoms with E-state index in [0.717, 1.165) is 11.3 Å². The predicted molar refractivity (Wildman–Crippen MR) is 94.2 cm³/mol. The fourth-order valence-electron chi connectivity index (χ4n) is 1.93. The molecular weight excluding hydrogens is 322 g/mol. The lowest BCUT2D eigenvalue weighted by Gasteiger charge is -2.03. The number of furan rings is 1. The first kappa shape index (κ1) is 18.0. The Morgan fingerprint density at radius 2 is 2.04 bits per heavy atom. The Hall–Kier alpha value is -3.35. The Bertz CT molecular complexity index is 793. The van der Waals surface area contributed by atoms with Crippen molar-refractivity contribution in [3.05, 3.63) is 59.6 Å². The van der Waals surface area contributed by atoms with Crippen LogP contribution in [0, 0.1) is 6.92 Å². The maximum absolute atomic E-state index is 11.7. The average molecular weight is 341 g/mol. The third-order valence-electron chi connectivity index (χ3n) is 3.12. The summed E-state index contributed by atoms with van der Waals surface area (Å²) in [4.78, 5) is 23.3. The normalized spacial score (nSPS) is 11.0. The van der Waals surface area contributed by atoms with Gasteiger partial charge in [-0.3, -0.25) is 9.59 Å². The molecule has 0 aliphatic carbocycles. The number of hydrogen-bond acceptors (Lipinski definition) is 5. The average Bonchev–Trinajstić information content (AvgIpc) is 3.03. The van der Waals surface area contributed by atoms with Crippen LogP contribution in [0.1, 0.15) is 17.1 Å². The van der Waals surface area contributed by atoms with E-state index in [2.05, 4.69) is 15.8 Å². The molecule has 2 N–H and O–H groups in total. The van der Waals surface area contributed by atoms with E-state index < -0.39 is 11.8 Å². The molecule has 0 radical (unpaired) electrons. The van der Waals surface area contributed by atoms with Crippen molar-refractivity contribution in [3.8, 4) is 5.75 Å². The van der Waals surface area contributed by atoms with Crippen LogP contribution in [0.4, 0.5) is 0 Å². The summed E-state index contributed by atoms with van der Waals surface area (Å²) in [5.74, 6) is 1.10. The lowest BCUT2D eigenvalue weighted by Crippen LogP contribution is -2.34. The zero-order chi connectivity index (χ0) is 18.1. The molecule has 0 bridgehead atoms. The van der Waals surface area contributed by atoms with Gasteiger partial charge in [-0.1, -0.05) is 18.2 Å². The SMILES string of the molecule is COc1ccccc1/C=C/C(=O)NCC(=O)N/N=C/c1ccc(C)o1. The molecule has 1 heterocycles. The molecule has 25 heavy (non-hydrogen) atoms. The molecule has 0 saturated carbocycles. The number of carbonyl (C=O) groups excluding carboxylic acids is 2. The first-order valence-corrected chi connectivity index (χ1v) is 7.56. The monoisotopic (exact) mass is 341 g/mol. The largest absolute Gasteiger partial charge is 0.496 e. The van der Waals surface area contributed by atoms with E-state index in [1.54, 1.807) is 31.4 Å². The molecular formula is C18H19N3O4. The molecule has 0 fully saturated rings. The van der Waals surface area contributed by atoms with Crippen LogP contribution in [-0.4, -0.2) is 31.7 Å². The van der Waals surface area contributed by atoms with Crippen molar-refractivity contribution in [1.82, 2.24) is 10.7 Å². The molecule has 0 unspecified atom stereocenters. The Morgan fingerprint density at radius 1 is 1.24 bits per heavy atom. The first-order chi connectivity index (χ1) is 12.1. The van der Waals surface area contributed by atoms with Crippen molar-refractivity contribution in [1.29, 1.82) is 0 Å². The molecule has 1 aromatic carbocycles. The maximum atomic E-state index is 11.7. The van der Waals surface area contributed by atoms with Crippen molar-refractivity contribution in [2.75, 3.05) is 13.7 Å². The molecule has 0 spiro atoms.